The van der Waals surface area contributed by atoms with Crippen LogP contribution < -0.4 is 5.32 Å². The van der Waals surface area contributed by atoms with E-state index in [9.17, 15) is 4.79 Å². The summed E-state index contributed by atoms with van der Waals surface area (Å²) in [6.45, 7) is 9.23. The molecule has 1 saturated carbocycles. The summed E-state index contributed by atoms with van der Waals surface area (Å²) in [6, 6.07) is 8.42. The molecule has 1 aromatic rings. The smallest absolute Gasteiger partial charge is 0.230 e. The van der Waals surface area contributed by atoms with Gasteiger partial charge in [0.1, 0.15) is 0 Å². The van der Waals surface area contributed by atoms with Crippen LogP contribution >= 0.6 is 0 Å². The molecule has 1 N–H and O–H groups in total. The van der Waals surface area contributed by atoms with Gasteiger partial charge >= 0.3 is 0 Å². The highest BCUT2D eigenvalue weighted by atomic mass is 16.2. The Balaban J connectivity index is 2.01. The number of nitrogens with one attached hydrogen (secondary N) is 1. The minimum atomic E-state index is -0.466. The van der Waals surface area contributed by atoms with Crippen molar-refractivity contribution in [3.8, 4) is 0 Å². The molecule has 0 aromatic heterocycles. The molecule has 0 heterocycles. The fourth-order valence-corrected chi connectivity index (χ4v) is 2.76. The summed E-state index contributed by atoms with van der Waals surface area (Å²) in [5.74, 6) is 0.134. The third kappa shape index (κ3) is 3.05. The number of hydrogen-bond donors (Lipinski definition) is 1. The highest BCUT2D eigenvalue weighted by Gasteiger charge is 2.35. The maximum absolute atomic E-state index is 12.5. The zero-order valence-corrected chi connectivity index (χ0v) is 13.3. The quantitative estimate of drug-likeness (QED) is 0.868. The van der Waals surface area contributed by atoms with E-state index in [1.165, 1.54) is 24.8 Å². The van der Waals surface area contributed by atoms with Crippen molar-refractivity contribution in [1.29, 1.82) is 0 Å². The zero-order valence-electron chi connectivity index (χ0n) is 13.3. The number of benzene rings is 1. The van der Waals surface area contributed by atoms with Crippen LogP contribution in [0.1, 0.15) is 58.1 Å². The van der Waals surface area contributed by atoms with Crippen LogP contribution in [0.3, 0.4) is 0 Å². The Morgan fingerprint density at radius 1 is 1.25 bits per heavy atom. The zero-order chi connectivity index (χ0) is 14.8. The Hall–Kier alpha value is -1.31. The molecule has 0 saturated heterocycles. The molecule has 1 amide bonds. The average molecular weight is 273 g/mol. The predicted molar refractivity (Wildman–Crippen MR) is 83.8 cm³/mol. The first-order valence-corrected chi connectivity index (χ1v) is 7.75. The summed E-state index contributed by atoms with van der Waals surface area (Å²) in [5, 5.41) is 3.15. The highest BCUT2D eigenvalue weighted by Crippen LogP contribution is 2.39. The van der Waals surface area contributed by atoms with Crippen LogP contribution in [0.5, 0.6) is 0 Å². The second-order valence-corrected chi connectivity index (χ2v) is 7.02. The van der Waals surface area contributed by atoms with Crippen LogP contribution in [0.15, 0.2) is 24.3 Å². The molecule has 1 aliphatic rings. The molecule has 0 aliphatic heterocycles. The number of carbonyl (C=O) groups is 1. The Bertz CT molecular complexity index is 469. The van der Waals surface area contributed by atoms with Crippen LogP contribution in [-0.2, 0) is 16.6 Å². The third-order valence-electron chi connectivity index (χ3n) is 4.89. The maximum atomic E-state index is 12.5. The molecule has 20 heavy (non-hydrogen) atoms. The van der Waals surface area contributed by atoms with Crippen molar-refractivity contribution in [2.24, 2.45) is 5.41 Å². The number of hydrogen-bond acceptors (Lipinski definition) is 1. The first-order valence-electron chi connectivity index (χ1n) is 7.75. The Morgan fingerprint density at radius 2 is 1.85 bits per heavy atom. The summed E-state index contributed by atoms with van der Waals surface area (Å²) >= 11 is 0. The molecule has 1 aliphatic carbocycles. The fraction of sp³-hybridized carbons (Fsp3) is 0.611. The first-order chi connectivity index (χ1) is 9.37. The van der Waals surface area contributed by atoms with Crippen LogP contribution in [-0.4, -0.2) is 12.5 Å². The summed E-state index contributed by atoms with van der Waals surface area (Å²) in [5.41, 5.74) is 2.27. The van der Waals surface area contributed by atoms with Gasteiger partial charge in [-0.25, -0.2) is 0 Å². The van der Waals surface area contributed by atoms with Gasteiger partial charge in [0.05, 0.1) is 5.41 Å². The van der Waals surface area contributed by atoms with Crippen molar-refractivity contribution in [3.05, 3.63) is 35.4 Å². The average Bonchev–Trinajstić information content (AvgIpc) is 2.42. The van der Waals surface area contributed by atoms with Crippen LogP contribution in [0.4, 0.5) is 0 Å². The topological polar surface area (TPSA) is 29.1 Å². The van der Waals surface area contributed by atoms with Gasteiger partial charge in [0.15, 0.2) is 0 Å². The van der Waals surface area contributed by atoms with E-state index in [2.05, 4.69) is 43.4 Å². The van der Waals surface area contributed by atoms with Gasteiger partial charge in [0.25, 0.3) is 0 Å². The summed E-state index contributed by atoms with van der Waals surface area (Å²) in [7, 11) is 0. The maximum Gasteiger partial charge on any atom is 0.230 e. The molecule has 2 heteroatoms. The van der Waals surface area contributed by atoms with Gasteiger partial charge in [-0.3, -0.25) is 4.79 Å². The summed E-state index contributed by atoms with van der Waals surface area (Å²) in [4.78, 5) is 12.5. The lowest BCUT2D eigenvalue weighted by atomic mass is 9.70. The molecule has 0 radical (unpaired) electrons. The largest absolute Gasteiger partial charge is 0.355 e. The minimum Gasteiger partial charge on any atom is -0.355 e. The van der Waals surface area contributed by atoms with Gasteiger partial charge in [0.2, 0.25) is 5.91 Å². The predicted octanol–water partition coefficient (Wildman–Crippen LogP) is 3.83. The Morgan fingerprint density at radius 3 is 2.30 bits per heavy atom. The van der Waals surface area contributed by atoms with Gasteiger partial charge < -0.3 is 5.32 Å². The first kappa shape index (κ1) is 15.1. The van der Waals surface area contributed by atoms with Gasteiger partial charge in [-0.15, -0.1) is 0 Å². The molecule has 1 fully saturated rings. The molecular formula is C18H27NO. The van der Waals surface area contributed by atoms with E-state index in [1.54, 1.807) is 0 Å². The van der Waals surface area contributed by atoms with E-state index in [1.807, 2.05) is 13.8 Å². The van der Waals surface area contributed by atoms with E-state index >= 15 is 0 Å². The molecule has 0 bridgehead atoms. The Kier molecular flexibility index (Phi) is 4.22. The second kappa shape index (κ2) is 5.59. The van der Waals surface area contributed by atoms with Gasteiger partial charge in [-0.05, 0) is 49.7 Å². The van der Waals surface area contributed by atoms with Crippen molar-refractivity contribution in [1.82, 2.24) is 5.32 Å². The lowest BCUT2D eigenvalue weighted by Gasteiger charge is -2.39. The fourth-order valence-electron chi connectivity index (χ4n) is 2.76. The third-order valence-corrected chi connectivity index (χ3v) is 4.89. The molecule has 2 rings (SSSR count). The van der Waals surface area contributed by atoms with E-state index in [-0.39, 0.29) is 5.91 Å². The minimum absolute atomic E-state index is 0.134. The molecule has 0 unspecified atom stereocenters. The van der Waals surface area contributed by atoms with Gasteiger partial charge in [-0.1, -0.05) is 44.5 Å². The van der Waals surface area contributed by atoms with Crippen molar-refractivity contribution in [2.45, 2.75) is 58.8 Å². The monoisotopic (exact) mass is 273 g/mol. The lowest BCUT2D eigenvalue weighted by molar-refractivity contribution is -0.126. The molecule has 1 aromatic carbocycles. The van der Waals surface area contributed by atoms with Crippen molar-refractivity contribution in [3.63, 3.8) is 0 Å². The molecular weight excluding hydrogens is 246 g/mol. The molecule has 110 valence electrons. The number of carbonyl (C=O) groups excluding carboxylic acids is 1. The SMILES string of the molecule is CCc1ccc(C(C)(C)C(=O)NCC2(C)CCC2)cc1. The normalized spacial score (nSPS) is 17.4. The van der Waals surface area contributed by atoms with Crippen molar-refractivity contribution >= 4 is 5.91 Å². The number of aryl methyl sites for hydroxylation is 1. The van der Waals surface area contributed by atoms with Gasteiger partial charge in [-0.2, -0.15) is 0 Å². The van der Waals surface area contributed by atoms with E-state index in [0.717, 1.165) is 18.5 Å². The van der Waals surface area contributed by atoms with Crippen LogP contribution in [0.2, 0.25) is 0 Å². The van der Waals surface area contributed by atoms with Gasteiger partial charge in [0, 0.05) is 6.54 Å². The number of amides is 1. The van der Waals surface area contributed by atoms with Crippen LogP contribution in [0, 0.1) is 5.41 Å². The molecule has 2 nitrogen and oxygen atoms in total. The molecule has 0 atom stereocenters. The highest BCUT2D eigenvalue weighted by molar-refractivity contribution is 5.87. The van der Waals surface area contributed by atoms with E-state index < -0.39 is 5.41 Å². The number of rotatable bonds is 5. The van der Waals surface area contributed by atoms with Crippen molar-refractivity contribution < 1.29 is 4.79 Å². The summed E-state index contributed by atoms with van der Waals surface area (Å²) in [6.07, 6.45) is 4.80. The standard InChI is InChI=1S/C18H27NO/c1-5-14-7-9-15(10-8-14)17(2,3)16(20)19-13-18(4)11-6-12-18/h7-10H,5-6,11-13H2,1-4H3,(H,19,20). The Labute approximate surface area is 123 Å². The lowest BCUT2D eigenvalue weighted by Crippen LogP contribution is -2.46. The second-order valence-electron chi connectivity index (χ2n) is 7.02. The van der Waals surface area contributed by atoms with Crippen LogP contribution in [0.25, 0.3) is 0 Å². The van der Waals surface area contributed by atoms with E-state index in [0.29, 0.717) is 5.41 Å². The van der Waals surface area contributed by atoms with Crippen molar-refractivity contribution in [2.75, 3.05) is 6.54 Å². The molecule has 0 spiro atoms. The summed E-state index contributed by atoms with van der Waals surface area (Å²) < 4.78 is 0. The van der Waals surface area contributed by atoms with E-state index in [4.69, 9.17) is 0 Å².